The molecule has 68 valence electrons. The van der Waals surface area contributed by atoms with Crippen LogP contribution in [0.15, 0.2) is 0 Å². The molecule has 0 amide bonds. The van der Waals surface area contributed by atoms with Crippen LogP contribution in [0.5, 0.6) is 0 Å². The average molecular weight is 158 g/mol. The number of hydrogen-bond acceptors (Lipinski definition) is 2. The van der Waals surface area contributed by atoms with E-state index < -0.39 is 0 Å². The van der Waals surface area contributed by atoms with Crippen LogP contribution >= 0.6 is 0 Å². The first kappa shape index (κ1) is 10.9. The molecule has 0 unspecified atom stereocenters. The fourth-order valence-electron chi connectivity index (χ4n) is 1.26. The molecule has 0 saturated carbocycles. The third-order valence-corrected chi connectivity index (χ3v) is 2.10. The van der Waals surface area contributed by atoms with Crippen molar-refractivity contribution in [2.24, 2.45) is 11.1 Å². The molecule has 0 heterocycles. The van der Waals surface area contributed by atoms with Crippen molar-refractivity contribution in [1.82, 2.24) is 5.32 Å². The van der Waals surface area contributed by atoms with Crippen molar-refractivity contribution in [1.29, 1.82) is 0 Å². The van der Waals surface area contributed by atoms with Crippen LogP contribution in [-0.2, 0) is 0 Å². The highest BCUT2D eigenvalue weighted by Crippen LogP contribution is 2.25. The van der Waals surface area contributed by atoms with Crippen molar-refractivity contribution >= 4 is 0 Å². The van der Waals surface area contributed by atoms with Crippen molar-refractivity contribution in [3.63, 3.8) is 0 Å². The summed E-state index contributed by atoms with van der Waals surface area (Å²) in [6, 6.07) is 0. The van der Waals surface area contributed by atoms with Gasteiger partial charge >= 0.3 is 0 Å². The molecule has 0 aliphatic heterocycles. The molecule has 3 N–H and O–H groups in total. The Morgan fingerprint density at radius 2 is 1.91 bits per heavy atom. The predicted octanol–water partition coefficient (Wildman–Crippen LogP) is 1.36. The van der Waals surface area contributed by atoms with Crippen LogP contribution in [0.25, 0.3) is 0 Å². The van der Waals surface area contributed by atoms with Crippen LogP contribution in [0.3, 0.4) is 0 Å². The maximum atomic E-state index is 5.50. The van der Waals surface area contributed by atoms with Gasteiger partial charge in [-0.05, 0) is 44.8 Å². The van der Waals surface area contributed by atoms with Gasteiger partial charge < -0.3 is 11.1 Å². The normalized spacial score (nSPS) is 12.0. The lowest BCUT2D eigenvalue weighted by Gasteiger charge is -2.23. The van der Waals surface area contributed by atoms with Gasteiger partial charge in [0.05, 0.1) is 0 Å². The second kappa shape index (κ2) is 5.56. The van der Waals surface area contributed by atoms with Gasteiger partial charge in [0.1, 0.15) is 0 Å². The molecule has 0 spiro atoms. The molecule has 0 atom stereocenters. The summed E-state index contributed by atoms with van der Waals surface area (Å²) in [7, 11) is 2.00. The Labute approximate surface area is 70.5 Å². The first-order chi connectivity index (χ1) is 5.12. The Morgan fingerprint density at radius 1 is 1.27 bits per heavy atom. The second-order valence-corrected chi connectivity index (χ2v) is 3.91. The fourth-order valence-corrected chi connectivity index (χ4v) is 1.26. The minimum absolute atomic E-state index is 0.436. The van der Waals surface area contributed by atoms with Gasteiger partial charge in [0.15, 0.2) is 0 Å². The third-order valence-electron chi connectivity index (χ3n) is 2.10. The van der Waals surface area contributed by atoms with E-state index in [9.17, 15) is 0 Å². The highest BCUT2D eigenvalue weighted by atomic mass is 14.8. The third kappa shape index (κ3) is 6.32. The number of hydrogen-bond donors (Lipinski definition) is 2. The zero-order chi connectivity index (χ0) is 8.74. The first-order valence-electron chi connectivity index (χ1n) is 4.47. The zero-order valence-corrected chi connectivity index (χ0v) is 8.11. The molecule has 0 radical (unpaired) electrons. The van der Waals surface area contributed by atoms with Crippen molar-refractivity contribution in [3.05, 3.63) is 0 Å². The number of nitrogens with two attached hydrogens (primary N) is 1. The van der Waals surface area contributed by atoms with Crippen molar-refractivity contribution in [2.45, 2.75) is 33.1 Å². The van der Waals surface area contributed by atoms with E-state index in [0.29, 0.717) is 5.41 Å². The summed E-state index contributed by atoms with van der Waals surface area (Å²) in [5, 5.41) is 3.15. The molecule has 0 aliphatic carbocycles. The van der Waals surface area contributed by atoms with Crippen LogP contribution < -0.4 is 11.1 Å². The maximum Gasteiger partial charge on any atom is -0.00517 e. The molecule has 0 bridgehead atoms. The average Bonchev–Trinajstić information content (AvgIpc) is 1.87. The van der Waals surface area contributed by atoms with Crippen LogP contribution in [0.4, 0.5) is 0 Å². The van der Waals surface area contributed by atoms with Gasteiger partial charge in [-0.25, -0.2) is 0 Å². The Hall–Kier alpha value is -0.0800. The molecule has 2 nitrogen and oxygen atoms in total. The van der Waals surface area contributed by atoms with Gasteiger partial charge in [-0.1, -0.05) is 13.8 Å². The molecule has 2 heteroatoms. The van der Waals surface area contributed by atoms with Crippen molar-refractivity contribution in [3.8, 4) is 0 Å². The van der Waals surface area contributed by atoms with Crippen LogP contribution in [0, 0.1) is 5.41 Å². The van der Waals surface area contributed by atoms with Crippen molar-refractivity contribution in [2.75, 3.05) is 20.1 Å². The molecule has 11 heavy (non-hydrogen) atoms. The van der Waals surface area contributed by atoms with E-state index in [1.54, 1.807) is 0 Å². The lowest BCUT2D eigenvalue weighted by Crippen LogP contribution is -2.19. The summed E-state index contributed by atoms with van der Waals surface area (Å²) >= 11 is 0. The molecule has 0 aromatic rings. The summed E-state index contributed by atoms with van der Waals surface area (Å²) in [5.41, 5.74) is 5.94. The number of nitrogens with one attached hydrogen (secondary N) is 1. The minimum atomic E-state index is 0.436. The monoisotopic (exact) mass is 158 g/mol. The Bertz CT molecular complexity index is 89.6. The Balaban J connectivity index is 3.38. The molecule has 0 aliphatic rings. The molecule has 0 saturated heterocycles. The summed E-state index contributed by atoms with van der Waals surface area (Å²) in [5.74, 6) is 0. The summed E-state index contributed by atoms with van der Waals surface area (Å²) in [6.07, 6.45) is 3.66. The van der Waals surface area contributed by atoms with Crippen molar-refractivity contribution < 1.29 is 0 Å². The summed E-state index contributed by atoms with van der Waals surface area (Å²) < 4.78 is 0. The maximum absolute atomic E-state index is 5.50. The van der Waals surface area contributed by atoms with Gasteiger partial charge in [0, 0.05) is 0 Å². The van der Waals surface area contributed by atoms with Gasteiger partial charge in [-0.3, -0.25) is 0 Å². The molecular weight excluding hydrogens is 136 g/mol. The topological polar surface area (TPSA) is 38.0 Å². The minimum Gasteiger partial charge on any atom is -0.330 e. The summed E-state index contributed by atoms with van der Waals surface area (Å²) in [6.45, 7) is 6.51. The van der Waals surface area contributed by atoms with E-state index in [1.165, 1.54) is 12.8 Å². The van der Waals surface area contributed by atoms with Gasteiger partial charge in [-0.15, -0.1) is 0 Å². The van der Waals surface area contributed by atoms with E-state index in [1.807, 2.05) is 7.05 Å². The standard InChI is InChI=1S/C9H22N2/c1-9(2,6-7-10)5-4-8-11-3/h11H,4-8,10H2,1-3H3. The smallest absolute Gasteiger partial charge is 0.00517 e. The van der Waals surface area contributed by atoms with Gasteiger partial charge in [0.25, 0.3) is 0 Å². The molecule has 0 aromatic carbocycles. The lowest BCUT2D eigenvalue weighted by atomic mass is 9.84. The molecule has 0 aromatic heterocycles. The van der Waals surface area contributed by atoms with E-state index >= 15 is 0 Å². The van der Waals surface area contributed by atoms with E-state index in [4.69, 9.17) is 5.73 Å². The van der Waals surface area contributed by atoms with Crippen LogP contribution in [-0.4, -0.2) is 20.1 Å². The van der Waals surface area contributed by atoms with Gasteiger partial charge in [-0.2, -0.15) is 0 Å². The SMILES string of the molecule is CNCCCC(C)(C)CCN. The van der Waals surface area contributed by atoms with Crippen LogP contribution in [0.2, 0.25) is 0 Å². The zero-order valence-electron chi connectivity index (χ0n) is 8.11. The largest absolute Gasteiger partial charge is 0.330 e. The lowest BCUT2D eigenvalue weighted by molar-refractivity contribution is 0.303. The second-order valence-electron chi connectivity index (χ2n) is 3.91. The highest BCUT2D eigenvalue weighted by Gasteiger charge is 2.15. The highest BCUT2D eigenvalue weighted by molar-refractivity contribution is 4.68. The van der Waals surface area contributed by atoms with E-state index in [2.05, 4.69) is 19.2 Å². The van der Waals surface area contributed by atoms with Crippen LogP contribution in [0.1, 0.15) is 33.1 Å². The molecule has 0 fully saturated rings. The Morgan fingerprint density at radius 3 is 2.36 bits per heavy atom. The molecule has 0 rings (SSSR count). The quantitative estimate of drug-likeness (QED) is 0.573. The van der Waals surface area contributed by atoms with E-state index in [-0.39, 0.29) is 0 Å². The fraction of sp³-hybridized carbons (Fsp3) is 1.00. The first-order valence-corrected chi connectivity index (χ1v) is 4.47. The number of rotatable bonds is 6. The van der Waals surface area contributed by atoms with E-state index in [0.717, 1.165) is 19.5 Å². The predicted molar refractivity (Wildman–Crippen MR) is 50.6 cm³/mol. The molecular formula is C9H22N2. The summed E-state index contributed by atoms with van der Waals surface area (Å²) in [4.78, 5) is 0. The van der Waals surface area contributed by atoms with Gasteiger partial charge in [0.2, 0.25) is 0 Å². The Kier molecular flexibility index (Phi) is 5.51.